The summed E-state index contributed by atoms with van der Waals surface area (Å²) in [5.74, 6) is 0.906. The molecule has 1 aliphatic carbocycles. The third-order valence-electron chi connectivity index (χ3n) is 3.63. The number of carbonyl (C=O) groups is 1. The van der Waals surface area contributed by atoms with Crippen LogP contribution in [-0.2, 0) is 4.74 Å². The number of hydrogen-bond donors (Lipinski definition) is 2. The van der Waals surface area contributed by atoms with Gasteiger partial charge in [-0.25, -0.2) is 4.79 Å². The van der Waals surface area contributed by atoms with Crippen LogP contribution in [0.4, 0.5) is 4.79 Å². The van der Waals surface area contributed by atoms with Gasteiger partial charge in [0.1, 0.15) is 0 Å². The third kappa shape index (κ3) is 4.38. The number of amides is 1. The van der Waals surface area contributed by atoms with Crippen molar-refractivity contribution in [2.24, 2.45) is 11.8 Å². The van der Waals surface area contributed by atoms with Crippen molar-refractivity contribution in [2.45, 2.75) is 38.1 Å². The number of aliphatic hydroxyl groups excluding tert-OH is 1. The Bertz CT molecular complexity index is 247. The van der Waals surface area contributed by atoms with Gasteiger partial charge in [0, 0.05) is 12.6 Å². The molecule has 0 aromatic carbocycles. The molecule has 2 N–H and O–H groups in total. The molecule has 4 heteroatoms. The molecule has 0 aromatic rings. The summed E-state index contributed by atoms with van der Waals surface area (Å²) in [5.41, 5.74) is 0. The molecule has 0 radical (unpaired) electrons. The first kappa shape index (κ1) is 14.0. The molecule has 1 fully saturated rings. The largest absolute Gasteiger partial charge is 0.453 e. The van der Waals surface area contributed by atoms with Gasteiger partial charge in [-0.05, 0) is 43.9 Å². The molecule has 0 bridgehead atoms. The lowest BCUT2D eigenvalue weighted by atomic mass is 9.78. The Morgan fingerprint density at radius 2 is 2.18 bits per heavy atom. The molecule has 1 amide bonds. The molecule has 0 spiro atoms. The molecule has 1 rings (SSSR count). The van der Waals surface area contributed by atoms with Crippen LogP contribution in [0.15, 0.2) is 12.7 Å². The van der Waals surface area contributed by atoms with Crippen molar-refractivity contribution in [3.63, 3.8) is 0 Å². The summed E-state index contributed by atoms with van der Waals surface area (Å²) in [5, 5.41) is 12.0. The van der Waals surface area contributed by atoms with E-state index in [1.807, 2.05) is 6.08 Å². The topological polar surface area (TPSA) is 58.6 Å². The van der Waals surface area contributed by atoms with E-state index in [9.17, 15) is 4.79 Å². The van der Waals surface area contributed by atoms with E-state index < -0.39 is 0 Å². The van der Waals surface area contributed by atoms with Crippen LogP contribution in [0, 0.1) is 11.8 Å². The van der Waals surface area contributed by atoms with Crippen LogP contribution in [-0.4, -0.2) is 31.0 Å². The Kier molecular flexibility index (Phi) is 6.05. The maximum atomic E-state index is 11.3. The average Bonchev–Trinajstić information content (AvgIpc) is 2.38. The molecule has 0 unspecified atom stereocenters. The van der Waals surface area contributed by atoms with Crippen LogP contribution in [0.1, 0.15) is 32.1 Å². The quantitative estimate of drug-likeness (QED) is 0.725. The molecule has 1 saturated carbocycles. The van der Waals surface area contributed by atoms with Gasteiger partial charge >= 0.3 is 6.09 Å². The maximum Gasteiger partial charge on any atom is 0.407 e. The minimum atomic E-state index is -0.374. The van der Waals surface area contributed by atoms with Crippen LogP contribution in [0.25, 0.3) is 0 Å². The molecular weight excluding hydrogens is 218 g/mol. The van der Waals surface area contributed by atoms with Crippen molar-refractivity contribution in [1.29, 1.82) is 0 Å². The van der Waals surface area contributed by atoms with Gasteiger partial charge in [0.2, 0.25) is 0 Å². The highest BCUT2D eigenvalue weighted by atomic mass is 16.5. The fourth-order valence-corrected chi connectivity index (χ4v) is 2.53. The number of ether oxygens (including phenoxy) is 1. The summed E-state index contributed by atoms with van der Waals surface area (Å²) >= 11 is 0. The van der Waals surface area contributed by atoms with Crippen molar-refractivity contribution < 1.29 is 14.6 Å². The van der Waals surface area contributed by atoms with E-state index in [1.54, 1.807) is 0 Å². The first-order valence-electron chi connectivity index (χ1n) is 6.27. The monoisotopic (exact) mass is 241 g/mol. The lowest BCUT2D eigenvalue weighted by Gasteiger charge is -2.33. The Labute approximate surface area is 103 Å². The predicted molar refractivity (Wildman–Crippen MR) is 66.7 cm³/mol. The SMILES string of the molecule is C=CC[C@@H](NC(=O)OC)C1CCC(CO)CC1. The van der Waals surface area contributed by atoms with Gasteiger partial charge in [0.15, 0.2) is 0 Å². The summed E-state index contributed by atoms with van der Waals surface area (Å²) in [6.45, 7) is 4.01. The van der Waals surface area contributed by atoms with Gasteiger partial charge in [0.25, 0.3) is 0 Å². The first-order valence-corrected chi connectivity index (χ1v) is 6.27. The average molecular weight is 241 g/mol. The minimum Gasteiger partial charge on any atom is -0.453 e. The number of hydrogen-bond acceptors (Lipinski definition) is 3. The van der Waals surface area contributed by atoms with Gasteiger partial charge in [-0.1, -0.05) is 6.08 Å². The van der Waals surface area contributed by atoms with Crippen molar-refractivity contribution in [3.8, 4) is 0 Å². The maximum absolute atomic E-state index is 11.3. The minimum absolute atomic E-state index is 0.111. The zero-order chi connectivity index (χ0) is 12.7. The van der Waals surface area contributed by atoms with Crippen LogP contribution in [0.5, 0.6) is 0 Å². The second-order valence-electron chi connectivity index (χ2n) is 4.73. The van der Waals surface area contributed by atoms with E-state index in [1.165, 1.54) is 7.11 Å². The molecule has 0 saturated heterocycles. The Morgan fingerprint density at radius 3 is 2.65 bits per heavy atom. The molecule has 0 aliphatic heterocycles. The fourth-order valence-electron chi connectivity index (χ4n) is 2.53. The number of nitrogens with one attached hydrogen (secondary N) is 1. The predicted octanol–water partition coefficient (Wildman–Crippen LogP) is 2.09. The highest BCUT2D eigenvalue weighted by Crippen LogP contribution is 2.31. The van der Waals surface area contributed by atoms with E-state index >= 15 is 0 Å². The molecule has 1 aliphatic rings. The molecule has 98 valence electrons. The smallest absolute Gasteiger partial charge is 0.407 e. The number of aliphatic hydroxyl groups is 1. The molecule has 17 heavy (non-hydrogen) atoms. The lowest BCUT2D eigenvalue weighted by Crippen LogP contribution is -2.41. The highest BCUT2D eigenvalue weighted by molar-refractivity contribution is 5.67. The van der Waals surface area contributed by atoms with Crippen LogP contribution in [0.3, 0.4) is 0 Å². The summed E-state index contributed by atoms with van der Waals surface area (Å²) < 4.78 is 4.64. The van der Waals surface area contributed by atoms with E-state index in [2.05, 4.69) is 16.6 Å². The molecule has 0 heterocycles. The third-order valence-corrected chi connectivity index (χ3v) is 3.63. The van der Waals surface area contributed by atoms with Crippen molar-refractivity contribution in [3.05, 3.63) is 12.7 Å². The summed E-state index contributed by atoms with van der Waals surface area (Å²) in [6.07, 6.45) is 6.40. The second kappa shape index (κ2) is 7.33. The van der Waals surface area contributed by atoms with E-state index in [0.29, 0.717) is 11.8 Å². The van der Waals surface area contributed by atoms with Gasteiger partial charge < -0.3 is 15.2 Å². The highest BCUT2D eigenvalue weighted by Gasteiger charge is 2.27. The molecular formula is C13H23NO3. The van der Waals surface area contributed by atoms with Crippen LogP contribution < -0.4 is 5.32 Å². The fraction of sp³-hybridized carbons (Fsp3) is 0.769. The lowest BCUT2D eigenvalue weighted by molar-refractivity contribution is 0.137. The summed E-state index contributed by atoms with van der Waals surface area (Å²) in [4.78, 5) is 11.3. The zero-order valence-electron chi connectivity index (χ0n) is 10.5. The molecule has 4 nitrogen and oxygen atoms in total. The summed E-state index contributed by atoms with van der Waals surface area (Å²) in [6, 6.07) is 0.111. The summed E-state index contributed by atoms with van der Waals surface area (Å²) in [7, 11) is 1.38. The van der Waals surface area contributed by atoms with Gasteiger partial charge in [-0.3, -0.25) is 0 Å². The second-order valence-corrected chi connectivity index (χ2v) is 4.73. The Morgan fingerprint density at radius 1 is 1.53 bits per heavy atom. The number of alkyl carbamates (subject to hydrolysis) is 1. The molecule has 0 aromatic heterocycles. The first-order chi connectivity index (χ1) is 8.21. The van der Waals surface area contributed by atoms with Gasteiger partial charge in [-0.15, -0.1) is 6.58 Å². The normalized spacial score (nSPS) is 26.0. The van der Waals surface area contributed by atoms with Crippen molar-refractivity contribution in [2.75, 3.05) is 13.7 Å². The molecule has 1 atom stereocenters. The number of methoxy groups -OCH3 is 1. The number of rotatable bonds is 5. The van der Waals surface area contributed by atoms with Gasteiger partial charge in [-0.2, -0.15) is 0 Å². The number of carbonyl (C=O) groups excluding carboxylic acids is 1. The standard InChI is InChI=1S/C13H23NO3/c1-3-4-12(14-13(16)17-2)11-7-5-10(9-15)6-8-11/h3,10-12,15H,1,4-9H2,2H3,(H,14,16)/t10?,11?,12-/m1/s1. The van der Waals surface area contributed by atoms with Crippen molar-refractivity contribution in [1.82, 2.24) is 5.32 Å². The van der Waals surface area contributed by atoms with Crippen molar-refractivity contribution >= 4 is 6.09 Å². The van der Waals surface area contributed by atoms with Crippen LogP contribution >= 0.6 is 0 Å². The van der Waals surface area contributed by atoms with E-state index in [0.717, 1.165) is 32.1 Å². The van der Waals surface area contributed by atoms with E-state index in [4.69, 9.17) is 5.11 Å². The zero-order valence-corrected chi connectivity index (χ0v) is 10.5. The van der Waals surface area contributed by atoms with Crippen LogP contribution in [0.2, 0.25) is 0 Å². The van der Waals surface area contributed by atoms with E-state index in [-0.39, 0.29) is 18.7 Å². The Balaban J connectivity index is 2.47. The van der Waals surface area contributed by atoms with Gasteiger partial charge in [0.05, 0.1) is 7.11 Å². The Hall–Kier alpha value is -1.03.